The Hall–Kier alpha value is -2.87. The molecule has 10 N–H and O–H groups in total. The van der Waals surface area contributed by atoms with Crippen molar-refractivity contribution in [1.82, 2.24) is 16.0 Å². The number of nitrogens with one attached hydrogen (secondary N) is 3. The zero-order valence-electron chi connectivity index (χ0n) is 19.5. The van der Waals surface area contributed by atoms with Crippen LogP contribution < -0.4 is 27.4 Å². The van der Waals surface area contributed by atoms with Gasteiger partial charge in [0.15, 0.2) is 0 Å². The molecular formula is C22H35N5O7S. The molecule has 0 aliphatic heterocycles. The van der Waals surface area contributed by atoms with Gasteiger partial charge in [0.1, 0.15) is 23.9 Å². The van der Waals surface area contributed by atoms with E-state index in [1.807, 2.05) is 0 Å². The van der Waals surface area contributed by atoms with Crippen molar-refractivity contribution in [3.05, 3.63) is 29.8 Å². The van der Waals surface area contributed by atoms with Crippen LogP contribution in [0.2, 0.25) is 0 Å². The summed E-state index contributed by atoms with van der Waals surface area (Å²) in [6.45, 7) is 1.64. The van der Waals surface area contributed by atoms with E-state index in [2.05, 4.69) is 28.6 Å². The minimum absolute atomic E-state index is 0.0733. The van der Waals surface area contributed by atoms with E-state index in [1.165, 1.54) is 19.1 Å². The summed E-state index contributed by atoms with van der Waals surface area (Å²) in [5.74, 6) is -3.71. The maximum Gasteiger partial charge on any atom is 0.327 e. The number of carbonyl (C=O) groups excluding carboxylic acids is 3. The van der Waals surface area contributed by atoms with Gasteiger partial charge in [0.05, 0.1) is 12.1 Å². The Kier molecular flexibility index (Phi) is 13.1. The SMILES string of the molecule is C[C@@H](O)[C@H](NC(=O)[C@H](CCCCN)NC(=O)[C@@H](N)Cc1ccc(O)cc1)C(=O)N[C@@H](CS)C(=O)O. The number of carboxylic acids is 1. The Morgan fingerprint density at radius 1 is 0.971 bits per heavy atom. The number of thiol groups is 1. The third-order valence-electron chi connectivity index (χ3n) is 5.17. The van der Waals surface area contributed by atoms with Crippen LogP contribution in [0.5, 0.6) is 5.75 Å². The van der Waals surface area contributed by atoms with Gasteiger partial charge in [0.2, 0.25) is 17.7 Å². The average Bonchev–Trinajstić information content (AvgIpc) is 2.80. The number of aliphatic carboxylic acids is 1. The maximum atomic E-state index is 13.0. The first-order chi connectivity index (χ1) is 16.5. The molecule has 0 aliphatic rings. The van der Waals surface area contributed by atoms with Gasteiger partial charge >= 0.3 is 5.97 Å². The lowest BCUT2D eigenvalue weighted by atomic mass is 10.0. The second-order valence-electron chi connectivity index (χ2n) is 8.13. The molecule has 0 saturated heterocycles. The molecule has 12 nitrogen and oxygen atoms in total. The molecule has 0 fully saturated rings. The normalized spacial score (nSPS) is 15.2. The highest BCUT2D eigenvalue weighted by Crippen LogP contribution is 2.11. The Bertz CT molecular complexity index is 853. The van der Waals surface area contributed by atoms with Crippen molar-refractivity contribution in [2.24, 2.45) is 11.5 Å². The molecule has 1 aromatic carbocycles. The number of phenols is 1. The van der Waals surface area contributed by atoms with Crippen LogP contribution in [0.1, 0.15) is 31.7 Å². The van der Waals surface area contributed by atoms with E-state index in [9.17, 15) is 29.4 Å². The van der Waals surface area contributed by atoms with Crippen LogP contribution in [-0.4, -0.2) is 81.6 Å². The molecular weight excluding hydrogens is 478 g/mol. The number of rotatable bonds is 15. The molecule has 1 aromatic rings. The van der Waals surface area contributed by atoms with Gasteiger partial charge in [-0.3, -0.25) is 14.4 Å². The predicted molar refractivity (Wildman–Crippen MR) is 132 cm³/mol. The molecule has 35 heavy (non-hydrogen) atoms. The van der Waals surface area contributed by atoms with Crippen LogP contribution in [0, 0.1) is 0 Å². The third kappa shape index (κ3) is 10.5. The van der Waals surface area contributed by atoms with Crippen LogP contribution in [-0.2, 0) is 25.6 Å². The quantitative estimate of drug-likeness (QED) is 0.0957. The van der Waals surface area contributed by atoms with Crippen molar-refractivity contribution in [2.45, 2.75) is 62.9 Å². The van der Waals surface area contributed by atoms with Crippen molar-refractivity contribution < 1.29 is 34.5 Å². The van der Waals surface area contributed by atoms with Crippen LogP contribution in [0.15, 0.2) is 24.3 Å². The number of aliphatic hydroxyl groups excluding tert-OH is 1. The Balaban J connectivity index is 2.91. The number of phenolic OH excluding ortho intramolecular Hbond substituents is 1. The number of benzene rings is 1. The molecule has 0 aliphatic carbocycles. The van der Waals surface area contributed by atoms with Crippen LogP contribution in [0.4, 0.5) is 0 Å². The molecule has 196 valence electrons. The predicted octanol–water partition coefficient (Wildman–Crippen LogP) is -1.76. The largest absolute Gasteiger partial charge is 0.508 e. The molecule has 5 atom stereocenters. The minimum Gasteiger partial charge on any atom is -0.508 e. The molecule has 0 unspecified atom stereocenters. The lowest BCUT2D eigenvalue weighted by Gasteiger charge is -2.26. The van der Waals surface area contributed by atoms with Crippen molar-refractivity contribution in [2.75, 3.05) is 12.3 Å². The first-order valence-corrected chi connectivity index (χ1v) is 11.8. The van der Waals surface area contributed by atoms with E-state index in [1.54, 1.807) is 12.1 Å². The van der Waals surface area contributed by atoms with Gasteiger partial charge in [0.25, 0.3) is 0 Å². The zero-order valence-corrected chi connectivity index (χ0v) is 20.4. The summed E-state index contributed by atoms with van der Waals surface area (Å²) in [6, 6.07) is 1.32. The molecule has 0 spiro atoms. The number of carboxylic acid groups (broad SMARTS) is 1. The molecule has 0 aromatic heterocycles. The standard InChI is InChI=1S/C22H35N5O7S/c1-12(28)18(21(32)26-17(11-35)22(33)34)27-20(31)16(4-2-3-9-23)25-19(30)15(24)10-13-5-7-14(29)8-6-13/h5-8,12,15-18,28-29,35H,2-4,9-11,23-24H2,1H3,(H,25,30)(H,26,32)(H,27,31)(H,33,34)/t12-,15+,16+,17+,18+/m1/s1. The zero-order chi connectivity index (χ0) is 26.5. The van der Waals surface area contributed by atoms with E-state index in [0.717, 1.165) is 0 Å². The molecule has 0 saturated carbocycles. The summed E-state index contributed by atoms with van der Waals surface area (Å²) in [6.07, 6.45) is 0.0761. The summed E-state index contributed by atoms with van der Waals surface area (Å²) >= 11 is 3.87. The number of nitrogens with two attached hydrogens (primary N) is 2. The van der Waals surface area contributed by atoms with E-state index >= 15 is 0 Å². The lowest BCUT2D eigenvalue weighted by Crippen LogP contribution is -2.60. The van der Waals surface area contributed by atoms with Crippen LogP contribution >= 0.6 is 12.6 Å². The maximum absolute atomic E-state index is 13.0. The van der Waals surface area contributed by atoms with E-state index in [4.69, 9.17) is 16.6 Å². The van der Waals surface area contributed by atoms with Crippen LogP contribution in [0.25, 0.3) is 0 Å². The Morgan fingerprint density at radius 3 is 2.09 bits per heavy atom. The summed E-state index contributed by atoms with van der Waals surface area (Å²) < 4.78 is 0. The summed E-state index contributed by atoms with van der Waals surface area (Å²) in [5.41, 5.74) is 12.2. The fraction of sp³-hybridized carbons (Fsp3) is 0.545. The number of unbranched alkanes of at least 4 members (excludes halogenated alkanes) is 1. The summed E-state index contributed by atoms with van der Waals surface area (Å²) in [5, 5.41) is 35.7. The van der Waals surface area contributed by atoms with Gasteiger partial charge in [-0.25, -0.2) is 4.79 Å². The second kappa shape index (κ2) is 15.2. The van der Waals surface area contributed by atoms with Gasteiger partial charge in [-0.2, -0.15) is 12.6 Å². The van der Waals surface area contributed by atoms with Crippen molar-refractivity contribution in [1.29, 1.82) is 0 Å². The fourth-order valence-electron chi connectivity index (χ4n) is 3.13. The molecule has 13 heteroatoms. The summed E-state index contributed by atoms with van der Waals surface area (Å²) in [7, 11) is 0. The molecule has 3 amide bonds. The molecule has 0 radical (unpaired) electrons. The van der Waals surface area contributed by atoms with Gasteiger partial charge in [-0.1, -0.05) is 12.1 Å². The molecule has 0 heterocycles. The highest BCUT2D eigenvalue weighted by atomic mass is 32.1. The third-order valence-corrected chi connectivity index (χ3v) is 5.53. The van der Waals surface area contributed by atoms with Crippen molar-refractivity contribution >= 4 is 36.3 Å². The lowest BCUT2D eigenvalue weighted by molar-refractivity contribution is -0.142. The number of aliphatic hydroxyl groups is 1. The average molecular weight is 514 g/mol. The number of amides is 3. The van der Waals surface area contributed by atoms with Gasteiger partial charge in [-0.05, 0) is 56.8 Å². The summed E-state index contributed by atoms with van der Waals surface area (Å²) in [4.78, 5) is 49.3. The topological polar surface area (TPSA) is 217 Å². The van der Waals surface area contributed by atoms with Crippen molar-refractivity contribution in [3.63, 3.8) is 0 Å². The highest BCUT2D eigenvalue weighted by Gasteiger charge is 2.32. The van der Waals surface area contributed by atoms with Crippen molar-refractivity contribution in [3.8, 4) is 5.75 Å². The van der Waals surface area contributed by atoms with Gasteiger partial charge in [0, 0.05) is 5.75 Å². The molecule has 1 rings (SSSR count). The number of aromatic hydroxyl groups is 1. The Morgan fingerprint density at radius 2 is 1.57 bits per heavy atom. The first-order valence-electron chi connectivity index (χ1n) is 11.2. The highest BCUT2D eigenvalue weighted by molar-refractivity contribution is 7.80. The van der Waals surface area contributed by atoms with E-state index in [0.29, 0.717) is 24.9 Å². The smallest absolute Gasteiger partial charge is 0.327 e. The van der Waals surface area contributed by atoms with Gasteiger partial charge < -0.3 is 42.7 Å². The number of carbonyl (C=O) groups is 4. The van der Waals surface area contributed by atoms with E-state index in [-0.39, 0.29) is 24.3 Å². The second-order valence-corrected chi connectivity index (χ2v) is 8.50. The fourth-order valence-corrected chi connectivity index (χ4v) is 3.37. The Labute approximate surface area is 209 Å². The first kappa shape index (κ1) is 30.2. The minimum atomic E-state index is -1.47. The van der Waals surface area contributed by atoms with Crippen LogP contribution in [0.3, 0.4) is 0 Å². The van der Waals surface area contributed by atoms with E-state index < -0.39 is 54.0 Å². The monoisotopic (exact) mass is 513 g/mol. The number of hydrogen-bond acceptors (Lipinski definition) is 9. The molecule has 0 bridgehead atoms. The number of hydrogen-bond donors (Lipinski definition) is 9. The van der Waals surface area contributed by atoms with Gasteiger partial charge in [-0.15, -0.1) is 0 Å².